The molecule has 0 bridgehead atoms. The number of nitriles is 1. The molecule has 6 heteroatoms. The number of hydrogen-bond donors (Lipinski definition) is 1. The van der Waals surface area contributed by atoms with Crippen molar-refractivity contribution in [2.45, 2.75) is 13.8 Å². The van der Waals surface area contributed by atoms with Crippen LogP contribution in [-0.4, -0.2) is 47.2 Å². The maximum absolute atomic E-state index is 12.5. The predicted molar refractivity (Wildman–Crippen MR) is 87.3 cm³/mol. The number of aromatic amines is 1. The van der Waals surface area contributed by atoms with Gasteiger partial charge in [0.15, 0.2) is 0 Å². The second kappa shape index (κ2) is 6.13. The minimum atomic E-state index is 0.0229. The van der Waals surface area contributed by atoms with Crippen molar-refractivity contribution in [3.63, 3.8) is 0 Å². The predicted octanol–water partition coefficient (Wildman–Crippen LogP) is 1.86. The first-order valence-corrected chi connectivity index (χ1v) is 7.66. The molecule has 1 amide bonds. The molecule has 0 saturated carbocycles. The summed E-state index contributed by atoms with van der Waals surface area (Å²) in [5.74, 6) is 0.0229. The van der Waals surface area contributed by atoms with Gasteiger partial charge in [0.2, 0.25) is 0 Å². The van der Waals surface area contributed by atoms with E-state index in [1.54, 1.807) is 24.3 Å². The Bertz CT molecular complexity index is 729. The second-order valence-corrected chi connectivity index (χ2v) is 5.75. The first-order chi connectivity index (χ1) is 11.1. The number of rotatable bonds is 2. The van der Waals surface area contributed by atoms with Gasteiger partial charge in [-0.15, -0.1) is 0 Å². The second-order valence-electron chi connectivity index (χ2n) is 5.75. The molecule has 1 saturated heterocycles. The Kier molecular flexibility index (Phi) is 4.02. The molecule has 0 unspecified atom stereocenters. The maximum atomic E-state index is 12.5. The summed E-state index contributed by atoms with van der Waals surface area (Å²) in [6, 6.07) is 8.87. The number of amides is 1. The van der Waals surface area contributed by atoms with Gasteiger partial charge in [-0.1, -0.05) is 0 Å². The number of hydrogen-bond acceptors (Lipinski definition) is 4. The highest BCUT2D eigenvalue weighted by atomic mass is 16.2. The van der Waals surface area contributed by atoms with Gasteiger partial charge < -0.3 is 9.80 Å². The normalized spacial score (nSPS) is 14.7. The molecule has 2 heterocycles. The third-order valence-corrected chi connectivity index (χ3v) is 4.23. The van der Waals surface area contributed by atoms with E-state index in [1.807, 2.05) is 18.7 Å². The molecule has 0 radical (unpaired) electrons. The van der Waals surface area contributed by atoms with E-state index in [1.165, 1.54) is 0 Å². The molecule has 1 aliphatic rings. The number of benzene rings is 1. The number of nitrogens with one attached hydrogen (secondary N) is 1. The fourth-order valence-corrected chi connectivity index (χ4v) is 3.01. The lowest BCUT2D eigenvalue weighted by atomic mass is 10.1. The number of aromatic nitrogens is 2. The largest absolute Gasteiger partial charge is 0.365 e. The molecule has 1 N–H and O–H groups in total. The molecule has 0 aliphatic carbocycles. The van der Waals surface area contributed by atoms with Gasteiger partial charge in [-0.3, -0.25) is 9.89 Å². The van der Waals surface area contributed by atoms with Crippen LogP contribution in [0.5, 0.6) is 0 Å². The van der Waals surface area contributed by atoms with Crippen molar-refractivity contribution < 1.29 is 4.79 Å². The molecule has 23 heavy (non-hydrogen) atoms. The molecule has 1 aromatic carbocycles. The van der Waals surface area contributed by atoms with E-state index in [0.29, 0.717) is 24.2 Å². The Morgan fingerprint density at radius 1 is 1.17 bits per heavy atom. The number of aryl methyl sites for hydroxylation is 2. The Labute approximate surface area is 135 Å². The van der Waals surface area contributed by atoms with Gasteiger partial charge in [0, 0.05) is 31.7 Å². The third-order valence-electron chi connectivity index (χ3n) is 4.23. The van der Waals surface area contributed by atoms with E-state index in [4.69, 9.17) is 5.26 Å². The van der Waals surface area contributed by atoms with E-state index >= 15 is 0 Å². The highest BCUT2D eigenvalue weighted by molar-refractivity contribution is 5.94. The summed E-state index contributed by atoms with van der Waals surface area (Å²) in [6.07, 6.45) is 0. The third kappa shape index (κ3) is 2.90. The number of H-pyrrole nitrogens is 1. The first-order valence-electron chi connectivity index (χ1n) is 7.66. The lowest BCUT2D eigenvalue weighted by molar-refractivity contribution is 0.0747. The Hall–Kier alpha value is -2.81. The van der Waals surface area contributed by atoms with Gasteiger partial charge in [-0.05, 0) is 38.1 Å². The zero-order valence-corrected chi connectivity index (χ0v) is 13.3. The molecule has 1 fully saturated rings. The summed E-state index contributed by atoms with van der Waals surface area (Å²) in [5.41, 5.74) is 4.41. The van der Waals surface area contributed by atoms with E-state index in [0.717, 1.165) is 30.2 Å². The molecular formula is C17H19N5O. The molecule has 6 nitrogen and oxygen atoms in total. The van der Waals surface area contributed by atoms with Crippen LogP contribution < -0.4 is 4.90 Å². The van der Waals surface area contributed by atoms with Crippen molar-refractivity contribution in [2.75, 3.05) is 31.1 Å². The molecule has 3 rings (SSSR count). The number of nitrogens with zero attached hydrogens (tertiary/aromatic N) is 4. The van der Waals surface area contributed by atoms with Crippen LogP contribution in [-0.2, 0) is 0 Å². The SMILES string of the molecule is Cc1n[nH]c(C)c1N1CCN(C(=O)c2ccc(C#N)cc2)CC1. The number of carbonyl (C=O) groups excluding carboxylic acids is 1. The van der Waals surface area contributed by atoms with Crippen molar-refractivity contribution in [3.8, 4) is 6.07 Å². The van der Waals surface area contributed by atoms with Gasteiger partial charge >= 0.3 is 0 Å². The van der Waals surface area contributed by atoms with Gasteiger partial charge in [0.05, 0.1) is 28.7 Å². The maximum Gasteiger partial charge on any atom is 0.253 e. The van der Waals surface area contributed by atoms with E-state index < -0.39 is 0 Å². The van der Waals surface area contributed by atoms with Crippen molar-refractivity contribution >= 4 is 11.6 Å². The van der Waals surface area contributed by atoms with Crippen LogP contribution in [0.15, 0.2) is 24.3 Å². The van der Waals surface area contributed by atoms with Gasteiger partial charge in [0.1, 0.15) is 0 Å². The van der Waals surface area contributed by atoms with Crippen LogP contribution in [0.3, 0.4) is 0 Å². The van der Waals surface area contributed by atoms with Gasteiger partial charge in [0.25, 0.3) is 5.91 Å². The van der Waals surface area contributed by atoms with Crippen LogP contribution in [0.2, 0.25) is 0 Å². The zero-order chi connectivity index (χ0) is 16.4. The van der Waals surface area contributed by atoms with Crippen molar-refractivity contribution in [2.24, 2.45) is 0 Å². The number of carbonyl (C=O) groups is 1. The number of piperazine rings is 1. The summed E-state index contributed by atoms with van der Waals surface area (Å²) in [7, 11) is 0. The standard InChI is InChI=1S/C17H19N5O/c1-12-16(13(2)20-19-12)21-7-9-22(10-8-21)17(23)15-5-3-14(11-18)4-6-15/h3-6H,7-10H2,1-2H3,(H,19,20). The smallest absolute Gasteiger partial charge is 0.253 e. The average Bonchev–Trinajstić information content (AvgIpc) is 2.93. The van der Waals surface area contributed by atoms with Crippen LogP contribution in [0.25, 0.3) is 0 Å². The minimum Gasteiger partial charge on any atom is -0.365 e. The van der Waals surface area contributed by atoms with Crippen LogP contribution in [0.4, 0.5) is 5.69 Å². The van der Waals surface area contributed by atoms with Gasteiger partial charge in [-0.25, -0.2) is 0 Å². The number of anilines is 1. The van der Waals surface area contributed by atoms with Gasteiger partial charge in [-0.2, -0.15) is 10.4 Å². The van der Waals surface area contributed by atoms with Crippen molar-refractivity contribution in [1.29, 1.82) is 5.26 Å². The van der Waals surface area contributed by atoms with E-state index in [9.17, 15) is 4.79 Å². The van der Waals surface area contributed by atoms with E-state index in [-0.39, 0.29) is 5.91 Å². The molecule has 0 atom stereocenters. The average molecular weight is 309 g/mol. The van der Waals surface area contributed by atoms with Crippen LogP contribution in [0.1, 0.15) is 27.3 Å². The minimum absolute atomic E-state index is 0.0229. The Morgan fingerprint density at radius 3 is 2.35 bits per heavy atom. The molecule has 0 spiro atoms. The topological polar surface area (TPSA) is 76.0 Å². The lowest BCUT2D eigenvalue weighted by Gasteiger charge is -2.36. The van der Waals surface area contributed by atoms with Crippen LogP contribution in [0, 0.1) is 25.2 Å². The summed E-state index contributed by atoms with van der Waals surface area (Å²) in [4.78, 5) is 16.7. The highest BCUT2D eigenvalue weighted by Crippen LogP contribution is 2.23. The van der Waals surface area contributed by atoms with Crippen molar-refractivity contribution in [1.82, 2.24) is 15.1 Å². The monoisotopic (exact) mass is 309 g/mol. The highest BCUT2D eigenvalue weighted by Gasteiger charge is 2.24. The molecule has 2 aromatic rings. The summed E-state index contributed by atoms with van der Waals surface area (Å²) in [6.45, 7) is 6.97. The zero-order valence-electron chi connectivity index (χ0n) is 13.3. The lowest BCUT2D eigenvalue weighted by Crippen LogP contribution is -2.49. The van der Waals surface area contributed by atoms with E-state index in [2.05, 4.69) is 21.2 Å². The molecule has 1 aliphatic heterocycles. The fourth-order valence-electron chi connectivity index (χ4n) is 3.01. The summed E-state index contributed by atoms with van der Waals surface area (Å²) < 4.78 is 0. The quantitative estimate of drug-likeness (QED) is 0.918. The van der Waals surface area contributed by atoms with Crippen molar-refractivity contribution in [3.05, 3.63) is 46.8 Å². The fraction of sp³-hybridized carbons (Fsp3) is 0.353. The van der Waals surface area contributed by atoms with Crippen LogP contribution >= 0.6 is 0 Å². The molecule has 118 valence electrons. The molecule has 1 aromatic heterocycles. The summed E-state index contributed by atoms with van der Waals surface area (Å²) >= 11 is 0. The first kappa shape index (κ1) is 15.1. The Morgan fingerprint density at radius 2 is 1.83 bits per heavy atom. The Balaban J connectivity index is 1.66. The summed E-state index contributed by atoms with van der Waals surface area (Å²) in [5, 5.41) is 16.1. The molecular weight excluding hydrogens is 290 g/mol.